The Morgan fingerprint density at radius 3 is 2.80 bits per heavy atom. The maximum Gasteiger partial charge on any atom is 0.144 e. The first-order valence-corrected chi connectivity index (χ1v) is 8.10. The van der Waals surface area contributed by atoms with E-state index in [0.29, 0.717) is 16.6 Å². The Morgan fingerprint density at radius 2 is 2.10 bits per heavy atom. The molecule has 0 bridgehead atoms. The van der Waals surface area contributed by atoms with Crippen molar-refractivity contribution < 1.29 is 0 Å². The third kappa shape index (κ3) is 3.15. The second-order valence-electron chi connectivity index (χ2n) is 7.20. The minimum atomic E-state index is 0.320. The van der Waals surface area contributed by atoms with Gasteiger partial charge in [0.25, 0.3) is 0 Å². The Hall–Kier alpha value is -0.670. The minimum absolute atomic E-state index is 0.320. The van der Waals surface area contributed by atoms with Crippen LogP contribution in [0, 0.1) is 11.3 Å². The molecule has 0 spiro atoms. The quantitative estimate of drug-likeness (QED) is 0.863. The van der Waals surface area contributed by atoms with Crippen molar-refractivity contribution in [1.29, 1.82) is 0 Å². The van der Waals surface area contributed by atoms with Gasteiger partial charge in [-0.3, -0.25) is 0 Å². The van der Waals surface area contributed by atoms with Crippen molar-refractivity contribution in [2.75, 3.05) is 0 Å². The van der Waals surface area contributed by atoms with Crippen LogP contribution in [-0.2, 0) is 19.4 Å². The number of rotatable bonds is 4. The molecule has 0 aliphatic heterocycles. The van der Waals surface area contributed by atoms with Gasteiger partial charge >= 0.3 is 0 Å². The first-order chi connectivity index (χ1) is 9.44. The summed E-state index contributed by atoms with van der Waals surface area (Å²) in [6.45, 7) is 7.56. The van der Waals surface area contributed by atoms with Gasteiger partial charge in [0.2, 0.25) is 0 Å². The summed E-state index contributed by atoms with van der Waals surface area (Å²) in [4.78, 5) is 9.23. The molecule has 1 heterocycles. The molecule has 110 valence electrons. The smallest absolute Gasteiger partial charge is 0.144 e. The van der Waals surface area contributed by atoms with Crippen molar-refractivity contribution in [3.63, 3.8) is 0 Å². The highest BCUT2D eigenvalue weighted by molar-refractivity contribution is 6.30. The standard InChI is InChI=1S/C16H24ClN3/c1-10(11-4-5-11)18-9-14-19-13-6-7-16(2,3)8-12(13)15(17)20-14/h10-11,18H,4-9H2,1-3H3/t10-/m1/s1. The molecule has 3 nitrogen and oxygen atoms in total. The lowest BCUT2D eigenvalue weighted by Crippen LogP contribution is -2.29. The zero-order chi connectivity index (χ0) is 14.3. The fourth-order valence-corrected chi connectivity index (χ4v) is 3.32. The lowest BCUT2D eigenvalue weighted by molar-refractivity contribution is 0.311. The van der Waals surface area contributed by atoms with Crippen molar-refractivity contribution in [3.8, 4) is 0 Å². The Bertz CT molecular complexity index is 509. The Morgan fingerprint density at radius 1 is 1.35 bits per heavy atom. The summed E-state index contributed by atoms with van der Waals surface area (Å²) in [5.74, 6) is 1.70. The zero-order valence-corrected chi connectivity index (χ0v) is 13.4. The molecular weight excluding hydrogens is 270 g/mol. The number of aromatic nitrogens is 2. The second kappa shape index (κ2) is 5.27. The van der Waals surface area contributed by atoms with Crippen LogP contribution >= 0.6 is 11.6 Å². The molecule has 4 heteroatoms. The SMILES string of the molecule is C[C@@H](NCc1nc(Cl)c2c(n1)CCC(C)(C)C2)C1CC1. The summed E-state index contributed by atoms with van der Waals surface area (Å²) in [6, 6.07) is 0.562. The molecule has 2 aliphatic rings. The maximum absolute atomic E-state index is 6.39. The van der Waals surface area contributed by atoms with Crippen LogP contribution in [0.3, 0.4) is 0 Å². The van der Waals surface area contributed by atoms with E-state index in [1.807, 2.05) is 0 Å². The fraction of sp³-hybridized carbons (Fsp3) is 0.750. The van der Waals surface area contributed by atoms with E-state index in [9.17, 15) is 0 Å². The molecule has 1 saturated carbocycles. The molecule has 1 N–H and O–H groups in total. The van der Waals surface area contributed by atoms with Crippen LogP contribution in [0.5, 0.6) is 0 Å². The Balaban J connectivity index is 1.72. The van der Waals surface area contributed by atoms with Crippen molar-refractivity contribution in [1.82, 2.24) is 15.3 Å². The second-order valence-corrected chi connectivity index (χ2v) is 7.56. The number of nitrogens with zero attached hydrogens (tertiary/aromatic N) is 2. The van der Waals surface area contributed by atoms with E-state index in [1.54, 1.807) is 0 Å². The highest BCUT2D eigenvalue weighted by Crippen LogP contribution is 2.36. The Kier molecular flexibility index (Phi) is 3.76. The molecular formula is C16H24ClN3. The first kappa shape index (κ1) is 14.3. The molecule has 0 unspecified atom stereocenters. The predicted octanol–water partition coefficient (Wildman–Crippen LogP) is 3.53. The van der Waals surface area contributed by atoms with Gasteiger partial charge < -0.3 is 5.32 Å². The van der Waals surface area contributed by atoms with Crippen LogP contribution < -0.4 is 5.32 Å². The van der Waals surface area contributed by atoms with E-state index < -0.39 is 0 Å². The summed E-state index contributed by atoms with van der Waals surface area (Å²) >= 11 is 6.39. The minimum Gasteiger partial charge on any atom is -0.307 e. The fourth-order valence-electron chi connectivity index (χ4n) is 3.05. The number of fused-ring (bicyclic) bond motifs is 1. The van der Waals surface area contributed by atoms with Crippen LogP contribution in [0.15, 0.2) is 0 Å². The van der Waals surface area contributed by atoms with E-state index in [-0.39, 0.29) is 0 Å². The summed E-state index contributed by atoms with van der Waals surface area (Å²) in [5.41, 5.74) is 2.65. The van der Waals surface area contributed by atoms with Crippen molar-refractivity contribution >= 4 is 11.6 Å². The summed E-state index contributed by atoms with van der Waals surface area (Å²) in [6.07, 6.45) is 5.91. The topological polar surface area (TPSA) is 37.8 Å². The monoisotopic (exact) mass is 293 g/mol. The number of nitrogens with one attached hydrogen (secondary N) is 1. The summed E-state index contributed by atoms with van der Waals surface area (Å²) in [7, 11) is 0. The van der Waals surface area contributed by atoms with Crippen LogP contribution in [0.25, 0.3) is 0 Å². The maximum atomic E-state index is 6.39. The number of halogens is 1. The van der Waals surface area contributed by atoms with Gasteiger partial charge in [-0.15, -0.1) is 0 Å². The predicted molar refractivity (Wildman–Crippen MR) is 81.9 cm³/mol. The third-order valence-corrected chi connectivity index (χ3v) is 5.01. The van der Waals surface area contributed by atoms with Gasteiger partial charge in [0.15, 0.2) is 0 Å². The van der Waals surface area contributed by atoms with Crippen molar-refractivity contribution in [2.24, 2.45) is 11.3 Å². The molecule has 1 aromatic heterocycles. The molecule has 0 aromatic carbocycles. The van der Waals surface area contributed by atoms with E-state index in [0.717, 1.165) is 31.1 Å². The average Bonchev–Trinajstić information content (AvgIpc) is 3.21. The average molecular weight is 294 g/mol. The van der Waals surface area contributed by atoms with Gasteiger partial charge in [-0.25, -0.2) is 9.97 Å². The molecule has 1 atom stereocenters. The normalized spacial score (nSPS) is 22.4. The van der Waals surface area contributed by atoms with Gasteiger partial charge in [0, 0.05) is 17.3 Å². The van der Waals surface area contributed by atoms with Crippen LogP contribution in [-0.4, -0.2) is 16.0 Å². The molecule has 1 fully saturated rings. The van der Waals surface area contributed by atoms with Gasteiger partial charge in [0.1, 0.15) is 11.0 Å². The van der Waals surface area contributed by atoms with E-state index in [4.69, 9.17) is 16.6 Å². The van der Waals surface area contributed by atoms with E-state index in [1.165, 1.54) is 30.5 Å². The molecule has 0 radical (unpaired) electrons. The molecule has 1 aromatic rings. The van der Waals surface area contributed by atoms with Gasteiger partial charge in [0.05, 0.1) is 6.54 Å². The van der Waals surface area contributed by atoms with Gasteiger partial charge in [-0.2, -0.15) is 0 Å². The molecule has 0 saturated heterocycles. The first-order valence-electron chi connectivity index (χ1n) is 7.72. The van der Waals surface area contributed by atoms with Gasteiger partial charge in [-0.1, -0.05) is 25.4 Å². The zero-order valence-electron chi connectivity index (χ0n) is 12.7. The van der Waals surface area contributed by atoms with Crippen LogP contribution in [0.4, 0.5) is 0 Å². The molecule has 0 amide bonds. The third-order valence-electron chi connectivity index (χ3n) is 4.69. The highest BCUT2D eigenvalue weighted by atomic mass is 35.5. The Labute approximate surface area is 126 Å². The van der Waals surface area contributed by atoms with Crippen molar-refractivity contribution in [2.45, 2.75) is 65.5 Å². The lowest BCUT2D eigenvalue weighted by atomic mass is 9.76. The van der Waals surface area contributed by atoms with E-state index >= 15 is 0 Å². The largest absolute Gasteiger partial charge is 0.307 e. The van der Waals surface area contributed by atoms with Crippen molar-refractivity contribution in [3.05, 3.63) is 22.2 Å². The molecule has 2 aliphatic carbocycles. The lowest BCUT2D eigenvalue weighted by Gasteiger charge is -2.31. The molecule has 3 rings (SSSR count). The summed E-state index contributed by atoms with van der Waals surface area (Å²) in [5, 5.41) is 4.19. The van der Waals surface area contributed by atoms with Crippen LogP contribution in [0.2, 0.25) is 5.15 Å². The highest BCUT2D eigenvalue weighted by Gasteiger charge is 2.30. The van der Waals surface area contributed by atoms with Gasteiger partial charge in [-0.05, 0) is 50.4 Å². The number of hydrogen-bond acceptors (Lipinski definition) is 3. The summed E-state index contributed by atoms with van der Waals surface area (Å²) < 4.78 is 0. The molecule has 20 heavy (non-hydrogen) atoms. The van der Waals surface area contributed by atoms with Crippen LogP contribution in [0.1, 0.15) is 57.1 Å². The number of aryl methyl sites for hydroxylation is 1. The number of hydrogen-bond donors (Lipinski definition) is 1. The van der Waals surface area contributed by atoms with E-state index in [2.05, 4.69) is 31.1 Å².